The lowest BCUT2D eigenvalue weighted by atomic mass is 9.75. The third kappa shape index (κ3) is 4.89. The molecule has 2 aliphatic carbocycles. The summed E-state index contributed by atoms with van der Waals surface area (Å²) < 4.78 is 2.62. The Hall–Kier alpha value is -3.11. The van der Waals surface area contributed by atoms with Gasteiger partial charge in [-0.05, 0) is 62.5 Å². The smallest absolute Gasteiger partial charge is 0.351 e. The van der Waals surface area contributed by atoms with E-state index in [0.29, 0.717) is 23.5 Å². The highest BCUT2D eigenvalue weighted by Gasteiger charge is 2.43. The van der Waals surface area contributed by atoms with Crippen molar-refractivity contribution < 1.29 is 5.11 Å². The van der Waals surface area contributed by atoms with Crippen LogP contribution in [-0.4, -0.2) is 59.1 Å². The molecule has 6 rings (SSSR count). The average molecular weight is 535 g/mol. The molecule has 1 aliphatic heterocycles. The second kappa shape index (κ2) is 10.8. The van der Waals surface area contributed by atoms with Crippen LogP contribution in [0.5, 0.6) is 0 Å². The van der Waals surface area contributed by atoms with E-state index in [4.69, 9.17) is 0 Å². The van der Waals surface area contributed by atoms with Crippen molar-refractivity contribution in [2.24, 2.45) is 11.8 Å². The van der Waals surface area contributed by atoms with Crippen molar-refractivity contribution in [3.63, 3.8) is 0 Å². The van der Waals surface area contributed by atoms with E-state index in [0.717, 1.165) is 35.6 Å². The maximum atomic E-state index is 14.0. The van der Waals surface area contributed by atoms with Crippen molar-refractivity contribution in [1.29, 1.82) is 0 Å². The Labute approximate surface area is 226 Å². The molecule has 5 atom stereocenters. The molecule has 1 saturated heterocycles. The van der Waals surface area contributed by atoms with Gasteiger partial charge in [0.05, 0.1) is 17.6 Å². The van der Waals surface area contributed by atoms with Crippen molar-refractivity contribution in [2.75, 3.05) is 6.61 Å². The van der Waals surface area contributed by atoms with Gasteiger partial charge in [-0.15, -0.1) is 0 Å². The second-order valence-corrected chi connectivity index (χ2v) is 11.8. The Balaban J connectivity index is 1.40. The molecule has 2 bridgehead atoms. The highest BCUT2D eigenvalue weighted by molar-refractivity contribution is 5.75. The number of benzene rings is 1. The fraction of sp³-hybridized carbons (Fsp3) is 0.621. The van der Waals surface area contributed by atoms with E-state index in [9.17, 15) is 19.5 Å². The zero-order valence-electron chi connectivity index (χ0n) is 22.5. The minimum Gasteiger partial charge on any atom is -0.395 e. The number of para-hydroxylation sites is 2. The van der Waals surface area contributed by atoms with E-state index in [-0.39, 0.29) is 30.6 Å². The first-order valence-electron chi connectivity index (χ1n) is 14.5. The summed E-state index contributed by atoms with van der Waals surface area (Å²) in [6.45, 7) is 2.25. The third-order valence-corrected chi connectivity index (χ3v) is 9.44. The largest absolute Gasteiger partial charge is 0.395 e. The lowest BCUT2D eigenvalue weighted by molar-refractivity contribution is -0.0360. The van der Waals surface area contributed by atoms with Crippen LogP contribution in [0.15, 0.2) is 44.8 Å². The Kier molecular flexibility index (Phi) is 7.24. The number of aliphatic hydroxyl groups excluding tert-OH is 1. The van der Waals surface area contributed by atoms with Gasteiger partial charge in [0, 0.05) is 24.2 Å². The van der Waals surface area contributed by atoms with Crippen LogP contribution in [0.3, 0.4) is 0 Å². The lowest BCUT2D eigenvalue weighted by Gasteiger charge is -2.51. The number of aliphatic hydroxyl groups is 1. The maximum Gasteiger partial charge on any atom is 0.351 e. The Morgan fingerprint density at radius 2 is 1.67 bits per heavy atom. The van der Waals surface area contributed by atoms with Crippen LogP contribution in [0.2, 0.25) is 0 Å². The van der Waals surface area contributed by atoms with Gasteiger partial charge in [-0.1, -0.05) is 44.7 Å². The third-order valence-electron chi connectivity index (χ3n) is 9.44. The average Bonchev–Trinajstić information content (AvgIpc) is 3.11. The molecule has 10 nitrogen and oxygen atoms in total. The zero-order valence-corrected chi connectivity index (χ0v) is 22.5. The molecule has 3 fully saturated rings. The number of aromatic amines is 1. The molecule has 2 N–H and O–H groups in total. The number of H-pyrrole nitrogens is 1. The normalized spacial score (nSPS) is 29.8. The summed E-state index contributed by atoms with van der Waals surface area (Å²) in [5, 5.41) is 14.6. The zero-order chi connectivity index (χ0) is 27.1. The van der Waals surface area contributed by atoms with E-state index < -0.39 is 16.8 Å². The second-order valence-electron chi connectivity index (χ2n) is 11.8. The van der Waals surface area contributed by atoms with Gasteiger partial charge in [0.15, 0.2) is 0 Å². The summed E-state index contributed by atoms with van der Waals surface area (Å²) in [7, 11) is 0. The van der Waals surface area contributed by atoms with Crippen molar-refractivity contribution in [3.05, 3.63) is 61.7 Å². The van der Waals surface area contributed by atoms with Gasteiger partial charge in [0.2, 0.25) is 5.82 Å². The number of hydrogen-bond acceptors (Lipinski definition) is 7. The van der Waals surface area contributed by atoms with Crippen LogP contribution in [0, 0.1) is 11.8 Å². The van der Waals surface area contributed by atoms with Gasteiger partial charge in [0.1, 0.15) is 6.20 Å². The number of nitrogens with one attached hydrogen (secondary N) is 1. The summed E-state index contributed by atoms with van der Waals surface area (Å²) in [6, 6.07) is 7.90. The molecule has 0 spiro atoms. The molecule has 2 saturated carbocycles. The number of rotatable bonds is 5. The summed E-state index contributed by atoms with van der Waals surface area (Å²) in [5.74, 6) is 1.42. The van der Waals surface area contributed by atoms with Crippen LogP contribution in [0.1, 0.15) is 77.2 Å². The van der Waals surface area contributed by atoms with Gasteiger partial charge in [-0.2, -0.15) is 9.78 Å². The highest BCUT2D eigenvalue weighted by atomic mass is 16.3. The van der Waals surface area contributed by atoms with E-state index in [1.807, 2.05) is 24.3 Å². The van der Waals surface area contributed by atoms with Gasteiger partial charge >= 0.3 is 5.69 Å². The molecule has 5 unspecified atom stereocenters. The predicted octanol–water partition coefficient (Wildman–Crippen LogP) is 2.77. The molecule has 2 aromatic heterocycles. The molecule has 10 heteroatoms. The van der Waals surface area contributed by atoms with E-state index in [2.05, 4.69) is 26.9 Å². The molecular formula is C29H38N6O4. The van der Waals surface area contributed by atoms with Gasteiger partial charge in [-0.3, -0.25) is 19.5 Å². The van der Waals surface area contributed by atoms with E-state index in [1.165, 1.54) is 44.9 Å². The first kappa shape index (κ1) is 26.1. The van der Waals surface area contributed by atoms with Gasteiger partial charge in [0.25, 0.3) is 11.1 Å². The van der Waals surface area contributed by atoms with Crippen LogP contribution in [-0.2, 0) is 0 Å². The van der Waals surface area contributed by atoms with Crippen molar-refractivity contribution in [2.45, 2.75) is 95.3 Å². The van der Waals surface area contributed by atoms with Gasteiger partial charge in [-0.25, -0.2) is 9.78 Å². The molecule has 3 aromatic rings. The number of aromatic nitrogens is 5. The molecule has 3 aliphatic rings. The number of likely N-dealkylation sites (tertiary alicyclic amines) is 1. The molecule has 1 aromatic carbocycles. The molecule has 39 heavy (non-hydrogen) atoms. The van der Waals surface area contributed by atoms with Crippen molar-refractivity contribution in [3.8, 4) is 5.82 Å². The molecule has 0 radical (unpaired) electrons. The van der Waals surface area contributed by atoms with Crippen LogP contribution >= 0.6 is 0 Å². The highest BCUT2D eigenvalue weighted by Crippen LogP contribution is 2.44. The monoisotopic (exact) mass is 534 g/mol. The number of piperidine rings is 1. The Morgan fingerprint density at radius 1 is 0.949 bits per heavy atom. The van der Waals surface area contributed by atoms with Gasteiger partial charge < -0.3 is 9.67 Å². The molecule has 0 amide bonds. The topological polar surface area (TPSA) is 126 Å². The Bertz CT molecular complexity index is 1480. The quantitative estimate of drug-likeness (QED) is 0.515. The minimum absolute atomic E-state index is 0.0460. The lowest BCUT2D eigenvalue weighted by Crippen LogP contribution is -2.57. The SMILES string of the molecule is CCC1CC(n2c(=O)c(-n3ncc(=O)[nH]c3=O)nc3ccccc32)CC(CO)N1C1CC2CCCCC(C2)C1. The summed E-state index contributed by atoms with van der Waals surface area (Å²) in [5.41, 5.74) is -0.605. The molecule has 3 heterocycles. The summed E-state index contributed by atoms with van der Waals surface area (Å²) in [4.78, 5) is 47.4. The standard InChI is InChI=1S/C29H38N6O4/c1-2-20-14-22(15-23(17-36)33(20)21-12-18-7-3-4-8-19(11-18)13-21)34-25-10-6-5-9-24(25)31-27(28(34)38)35-29(39)32-26(37)16-30-35/h5-6,9-10,16,18-23,36H,2-4,7-8,11-15,17H2,1H3,(H,32,37,39). The van der Waals surface area contributed by atoms with Crippen LogP contribution < -0.4 is 16.8 Å². The number of hydrogen-bond donors (Lipinski definition) is 2. The van der Waals surface area contributed by atoms with E-state index >= 15 is 0 Å². The van der Waals surface area contributed by atoms with Crippen molar-refractivity contribution in [1.82, 2.24) is 29.2 Å². The fourth-order valence-electron chi connectivity index (χ4n) is 7.88. The molecule has 208 valence electrons. The minimum atomic E-state index is -0.804. The van der Waals surface area contributed by atoms with Crippen molar-refractivity contribution >= 4 is 11.0 Å². The first-order chi connectivity index (χ1) is 19.0. The number of nitrogens with zero attached hydrogens (tertiary/aromatic N) is 5. The van der Waals surface area contributed by atoms with Crippen LogP contribution in [0.25, 0.3) is 16.9 Å². The number of fused-ring (bicyclic) bond motifs is 3. The maximum absolute atomic E-state index is 14.0. The molecular weight excluding hydrogens is 496 g/mol. The predicted molar refractivity (Wildman–Crippen MR) is 148 cm³/mol. The van der Waals surface area contributed by atoms with E-state index in [1.54, 1.807) is 4.57 Å². The fourth-order valence-corrected chi connectivity index (χ4v) is 7.88. The Morgan fingerprint density at radius 3 is 2.36 bits per heavy atom. The summed E-state index contributed by atoms with van der Waals surface area (Å²) in [6.07, 6.45) is 12.4. The van der Waals surface area contributed by atoms with Crippen LogP contribution in [0.4, 0.5) is 0 Å². The first-order valence-corrected chi connectivity index (χ1v) is 14.5. The summed E-state index contributed by atoms with van der Waals surface area (Å²) >= 11 is 0.